The second kappa shape index (κ2) is 5.20. The van der Waals surface area contributed by atoms with E-state index in [-0.39, 0.29) is 5.41 Å². The Morgan fingerprint density at radius 3 is 2.61 bits per heavy atom. The van der Waals surface area contributed by atoms with Crippen molar-refractivity contribution in [1.82, 2.24) is 5.16 Å². The van der Waals surface area contributed by atoms with Crippen molar-refractivity contribution in [3.05, 3.63) is 66.0 Å². The topological polar surface area (TPSA) is 38.4 Å². The quantitative estimate of drug-likeness (QED) is 0.787. The van der Waals surface area contributed by atoms with Gasteiger partial charge in [0, 0.05) is 35.4 Å². The standard InChI is InChI=1S/C20H18N2O/c1-20(2)10-8-15(12-20)18-17(16-9-11-21-13-16)19(23-22-18)14-6-4-3-5-7-14/h3-8,10-13H,9H2,1-2H3. The van der Waals surface area contributed by atoms with E-state index in [0.29, 0.717) is 0 Å². The van der Waals surface area contributed by atoms with Crippen molar-refractivity contribution >= 4 is 17.4 Å². The Morgan fingerprint density at radius 2 is 1.96 bits per heavy atom. The highest BCUT2D eigenvalue weighted by atomic mass is 16.5. The van der Waals surface area contributed by atoms with E-state index < -0.39 is 0 Å². The van der Waals surface area contributed by atoms with Crippen LogP contribution in [0, 0.1) is 5.41 Å². The lowest BCUT2D eigenvalue weighted by atomic mass is 9.93. The highest BCUT2D eigenvalue weighted by molar-refractivity contribution is 5.94. The SMILES string of the molecule is CC1(C)C=CC(c2noc(-c3ccccc3)c2C2=CN=CC2)=C1. The first kappa shape index (κ1) is 13.9. The summed E-state index contributed by atoms with van der Waals surface area (Å²) in [5, 5.41) is 4.39. The maximum absolute atomic E-state index is 5.75. The number of hydrogen-bond donors (Lipinski definition) is 0. The number of aromatic nitrogens is 1. The molecule has 1 aromatic heterocycles. The lowest BCUT2D eigenvalue weighted by Crippen LogP contribution is -1.98. The van der Waals surface area contributed by atoms with Gasteiger partial charge >= 0.3 is 0 Å². The monoisotopic (exact) mass is 302 g/mol. The number of allylic oxidation sites excluding steroid dienone is 5. The zero-order chi connectivity index (χ0) is 15.9. The van der Waals surface area contributed by atoms with Crippen molar-refractivity contribution in [3.63, 3.8) is 0 Å². The maximum Gasteiger partial charge on any atom is 0.175 e. The van der Waals surface area contributed by atoms with Crippen molar-refractivity contribution in [2.75, 3.05) is 0 Å². The number of aliphatic imine (C=N–C) groups is 1. The third-order valence-corrected chi connectivity index (χ3v) is 4.19. The Bertz CT molecular complexity index is 864. The molecular weight excluding hydrogens is 284 g/mol. The molecule has 0 radical (unpaired) electrons. The maximum atomic E-state index is 5.75. The van der Waals surface area contributed by atoms with Gasteiger partial charge in [0.2, 0.25) is 0 Å². The smallest absolute Gasteiger partial charge is 0.175 e. The highest BCUT2D eigenvalue weighted by Crippen LogP contribution is 2.41. The first-order valence-corrected chi connectivity index (χ1v) is 7.83. The molecule has 0 atom stereocenters. The van der Waals surface area contributed by atoms with Crippen molar-refractivity contribution < 1.29 is 4.52 Å². The molecule has 4 rings (SSSR count). The summed E-state index contributed by atoms with van der Waals surface area (Å²) >= 11 is 0. The molecule has 2 heterocycles. The Morgan fingerprint density at radius 1 is 1.13 bits per heavy atom. The minimum Gasteiger partial charge on any atom is -0.355 e. The van der Waals surface area contributed by atoms with E-state index in [2.05, 4.69) is 42.2 Å². The van der Waals surface area contributed by atoms with Crippen LogP contribution in [0.5, 0.6) is 0 Å². The minimum atomic E-state index is 0.0546. The summed E-state index contributed by atoms with van der Waals surface area (Å²) in [7, 11) is 0. The molecule has 23 heavy (non-hydrogen) atoms. The molecule has 0 N–H and O–H groups in total. The van der Waals surface area contributed by atoms with E-state index in [1.54, 1.807) is 0 Å². The van der Waals surface area contributed by atoms with Crippen LogP contribution in [-0.4, -0.2) is 11.4 Å². The van der Waals surface area contributed by atoms with Crippen molar-refractivity contribution in [2.24, 2.45) is 10.4 Å². The summed E-state index contributed by atoms with van der Waals surface area (Å²) in [6.07, 6.45) is 11.2. The lowest BCUT2D eigenvalue weighted by molar-refractivity contribution is 0.430. The molecule has 3 nitrogen and oxygen atoms in total. The van der Waals surface area contributed by atoms with Crippen LogP contribution in [0.15, 0.2) is 64.3 Å². The molecule has 0 saturated carbocycles. The fraction of sp³-hybridized carbons (Fsp3) is 0.200. The highest BCUT2D eigenvalue weighted by Gasteiger charge is 2.26. The third-order valence-electron chi connectivity index (χ3n) is 4.19. The van der Waals surface area contributed by atoms with Crippen LogP contribution in [-0.2, 0) is 0 Å². The van der Waals surface area contributed by atoms with Gasteiger partial charge in [-0.05, 0) is 5.57 Å². The molecule has 1 aliphatic heterocycles. The normalized spacial score (nSPS) is 18.3. The molecule has 1 aliphatic carbocycles. The van der Waals surface area contributed by atoms with Crippen LogP contribution in [0.2, 0.25) is 0 Å². The minimum absolute atomic E-state index is 0.0546. The van der Waals surface area contributed by atoms with E-state index in [1.165, 1.54) is 0 Å². The predicted molar refractivity (Wildman–Crippen MR) is 93.9 cm³/mol. The fourth-order valence-electron chi connectivity index (χ4n) is 3.03. The van der Waals surface area contributed by atoms with Gasteiger partial charge in [-0.2, -0.15) is 0 Å². The van der Waals surface area contributed by atoms with Crippen LogP contribution in [0.25, 0.3) is 22.5 Å². The summed E-state index contributed by atoms with van der Waals surface area (Å²) in [6, 6.07) is 10.1. The molecule has 0 spiro atoms. The van der Waals surface area contributed by atoms with Crippen LogP contribution in [0.1, 0.15) is 31.5 Å². The molecule has 0 bridgehead atoms. The second-order valence-electron chi connectivity index (χ2n) is 6.55. The van der Waals surface area contributed by atoms with Gasteiger partial charge in [0.05, 0.1) is 5.56 Å². The van der Waals surface area contributed by atoms with Crippen molar-refractivity contribution in [1.29, 1.82) is 0 Å². The molecule has 114 valence electrons. The van der Waals surface area contributed by atoms with Gasteiger partial charge in [0.1, 0.15) is 5.69 Å². The summed E-state index contributed by atoms with van der Waals surface area (Å²) in [4.78, 5) is 4.26. The van der Waals surface area contributed by atoms with Gasteiger partial charge < -0.3 is 4.52 Å². The van der Waals surface area contributed by atoms with Gasteiger partial charge in [0.25, 0.3) is 0 Å². The molecule has 2 aromatic rings. The molecular formula is C20H18N2O. The van der Waals surface area contributed by atoms with E-state index in [0.717, 1.165) is 40.1 Å². The Balaban J connectivity index is 1.88. The number of rotatable bonds is 3. The van der Waals surface area contributed by atoms with E-state index in [1.807, 2.05) is 42.7 Å². The number of hydrogen-bond acceptors (Lipinski definition) is 3. The van der Waals surface area contributed by atoms with Crippen LogP contribution in [0.3, 0.4) is 0 Å². The zero-order valence-corrected chi connectivity index (χ0v) is 13.3. The first-order valence-electron chi connectivity index (χ1n) is 7.83. The van der Waals surface area contributed by atoms with Gasteiger partial charge in [-0.1, -0.05) is 67.6 Å². The summed E-state index contributed by atoms with van der Waals surface area (Å²) in [5.74, 6) is 0.816. The Hall–Kier alpha value is -2.68. The van der Waals surface area contributed by atoms with Gasteiger partial charge in [0.15, 0.2) is 5.76 Å². The van der Waals surface area contributed by atoms with E-state index in [9.17, 15) is 0 Å². The number of nitrogens with zero attached hydrogens (tertiary/aromatic N) is 2. The molecule has 0 saturated heterocycles. The van der Waals surface area contributed by atoms with Gasteiger partial charge in [-0.3, -0.25) is 4.99 Å². The third kappa shape index (κ3) is 2.48. The largest absolute Gasteiger partial charge is 0.355 e. The predicted octanol–water partition coefficient (Wildman–Crippen LogP) is 5.14. The summed E-state index contributed by atoms with van der Waals surface area (Å²) < 4.78 is 5.75. The van der Waals surface area contributed by atoms with E-state index >= 15 is 0 Å². The fourth-order valence-corrected chi connectivity index (χ4v) is 3.03. The average Bonchev–Trinajstić information content (AvgIpc) is 3.25. The molecule has 0 amide bonds. The molecule has 1 aromatic carbocycles. The Labute approximate surface area is 135 Å². The molecule has 2 aliphatic rings. The lowest BCUT2D eigenvalue weighted by Gasteiger charge is -2.09. The summed E-state index contributed by atoms with van der Waals surface area (Å²) in [5.41, 5.74) is 5.32. The zero-order valence-electron chi connectivity index (χ0n) is 13.3. The van der Waals surface area contributed by atoms with E-state index in [4.69, 9.17) is 4.52 Å². The Kier molecular flexibility index (Phi) is 3.15. The van der Waals surface area contributed by atoms with Crippen LogP contribution < -0.4 is 0 Å². The van der Waals surface area contributed by atoms with Gasteiger partial charge in [-0.25, -0.2) is 0 Å². The number of benzene rings is 1. The second-order valence-corrected chi connectivity index (χ2v) is 6.55. The van der Waals surface area contributed by atoms with Crippen molar-refractivity contribution in [2.45, 2.75) is 20.3 Å². The molecule has 0 unspecified atom stereocenters. The van der Waals surface area contributed by atoms with Crippen molar-refractivity contribution in [3.8, 4) is 11.3 Å². The average molecular weight is 302 g/mol. The van der Waals surface area contributed by atoms with Gasteiger partial charge in [-0.15, -0.1) is 0 Å². The van der Waals surface area contributed by atoms with Crippen LogP contribution in [0.4, 0.5) is 0 Å². The molecule has 0 fully saturated rings. The van der Waals surface area contributed by atoms with Crippen LogP contribution >= 0.6 is 0 Å². The summed E-state index contributed by atoms with van der Waals surface area (Å²) in [6.45, 7) is 4.37. The first-order chi connectivity index (χ1) is 11.1. The molecule has 3 heteroatoms.